The number of likely N-dealkylation sites (tertiary alicyclic amines) is 2. The summed E-state index contributed by atoms with van der Waals surface area (Å²) in [5.41, 5.74) is 7.88. The smallest absolute Gasteiger partial charge is 0.410 e. The Balaban J connectivity index is 1.94. The second-order valence-electron chi connectivity index (χ2n) is 7.25. The SMILES string of the molecule is CC(C)(C)OC(=O)N1CCCC(N2CC(CN=[N+]=[N-])CC2=O)C1. The predicted octanol–water partition coefficient (Wildman–Crippen LogP) is 2.54. The van der Waals surface area contributed by atoms with E-state index < -0.39 is 5.60 Å². The summed E-state index contributed by atoms with van der Waals surface area (Å²) < 4.78 is 5.42. The lowest BCUT2D eigenvalue weighted by atomic mass is 10.0. The third kappa shape index (κ3) is 4.76. The Morgan fingerprint density at radius 3 is 2.83 bits per heavy atom. The molecular weight excluding hydrogens is 298 g/mol. The van der Waals surface area contributed by atoms with Crippen LogP contribution in [0.4, 0.5) is 4.79 Å². The predicted molar refractivity (Wildman–Crippen MR) is 84.7 cm³/mol. The first-order valence-corrected chi connectivity index (χ1v) is 8.08. The maximum atomic E-state index is 12.2. The van der Waals surface area contributed by atoms with Gasteiger partial charge in [-0.3, -0.25) is 4.79 Å². The molecule has 0 bridgehead atoms. The summed E-state index contributed by atoms with van der Waals surface area (Å²) in [6.45, 7) is 7.65. The Labute approximate surface area is 136 Å². The van der Waals surface area contributed by atoms with Gasteiger partial charge >= 0.3 is 6.09 Å². The van der Waals surface area contributed by atoms with Gasteiger partial charge in [0.15, 0.2) is 0 Å². The van der Waals surface area contributed by atoms with Crippen molar-refractivity contribution in [1.82, 2.24) is 9.80 Å². The molecule has 2 rings (SSSR count). The van der Waals surface area contributed by atoms with Crippen LogP contribution in [0.3, 0.4) is 0 Å². The van der Waals surface area contributed by atoms with Gasteiger partial charge in [-0.25, -0.2) is 4.79 Å². The van der Waals surface area contributed by atoms with Gasteiger partial charge in [-0.15, -0.1) is 0 Å². The van der Waals surface area contributed by atoms with E-state index in [1.807, 2.05) is 25.7 Å². The van der Waals surface area contributed by atoms with Crippen LogP contribution in [-0.2, 0) is 9.53 Å². The van der Waals surface area contributed by atoms with Gasteiger partial charge in [0.05, 0.1) is 0 Å². The van der Waals surface area contributed by atoms with Crippen LogP contribution in [-0.4, -0.2) is 59.6 Å². The lowest BCUT2D eigenvalue weighted by Gasteiger charge is -2.38. The van der Waals surface area contributed by atoms with Crippen LogP contribution in [0.5, 0.6) is 0 Å². The molecule has 2 heterocycles. The van der Waals surface area contributed by atoms with Crippen molar-refractivity contribution in [3.05, 3.63) is 10.4 Å². The van der Waals surface area contributed by atoms with Crippen LogP contribution in [0, 0.1) is 5.92 Å². The van der Waals surface area contributed by atoms with Crippen LogP contribution >= 0.6 is 0 Å². The standard InChI is InChI=1S/C15H25N5O3/c1-15(2,3)23-14(22)19-6-4-5-12(10-19)20-9-11(7-13(20)21)8-17-18-16/h11-12H,4-10H2,1-3H3. The van der Waals surface area contributed by atoms with Crippen molar-refractivity contribution >= 4 is 12.0 Å². The zero-order valence-corrected chi connectivity index (χ0v) is 14.1. The van der Waals surface area contributed by atoms with E-state index in [-0.39, 0.29) is 24.0 Å². The van der Waals surface area contributed by atoms with Crippen molar-refractivity contribution < 1.29 is 14.3 Å². The monoisotopic (exact) mass is 323 g/mol. The van der Waals surface area contributed by atoms with Crippen molar-refractivity contribution in [3.63, 3.8) is 0 Å². The average Bonchev–Trinajstić information content (AvgIpc) is 2.84. The van der Waals surface area contributed by atoms with Crippen molar-refractivity contribution in [3.8, 4) is 0 Å². The van der Waals surface area contributed by atoms with E-state index in [0.717, 1.165) is 12.8 Å². The number of rotatable bonds is 3. The minimum atomic E-state index is -0.520. The summed E-state index contributed by atoms with van der Waals surface area (Å²) in [4.78, 5) is 30.7. The quantitative estimate of drug-likeness (QED) is 0.453. The Bertz CT molecular complexity index is 510. The number of carbonyl (C=O) groups excluding carboxylic acids is 2. The number of carbonyl (C=O) groups is 2. The van der Waals surface area contributed by atoms with E-state index in [1.54, 1.807) is 4.90 Å². The van der Waals surface area contributed by atoms with E-state index in [1.165, 1.54) is 0 Å². The van der Waals surface area contributed by atoms with Crippen LogP contribution in [0.1, 0.15) is 40.0 Å². The Morgan fingerprint density at radius 2 is 2.17 bits per heavy atom. The highest BCUT2D eigenvalue weighted by Gasteiger charge is 2.37. The summed E-state index contributed by atoms with van der Waals surface area (Å²) in [5.74, 6) is 0.162. The highest BCUT2D eigenvalue weighted by Crippen LogP contribution is 2.26. The molecule has 2 aliphatic rings. The number of nitrogens with zero attached hydrogens (tertiary/aromatic N) is 5. The lowest BCUT2D eigenvalue weighted by Crippen LogP contribution is -2.51. The molecule has 0 aliphatic carbocycles. The number of amides is 2. The number of piperidine rings is 1. The zero-order chi connectivity index (χ0) is 17.0. The number of hydrogen-bond donors (Lipinski definition) is 0. The number of ether oxygens (including phenoxy) is 1. The molecule has 2 fully saturated rings. The molecule has 8 heteroatoms. The van der Waals surface area contributed by atoms with Crippen molar-refractivity contribution in [2.45, 2.75) is 51.7 Å². The summed E-state index contributed by atoms with van der Waals surface area (Å²) >= 11 is 0. The zero-order valence-electron chi connectivity index (χ0n) is 14.1. The molecule has 0 N–H and O–H groups in total. The average molecular weight is 323 g/mol. The number of hydrogen-bond acceptors (Lipinski definition) is 4. The molecule has 2 saturated heterocycles. The van der Waals surface area contributed by atoms with E-state index in [0.29, 0.717) is 32.6 Å². The van der Waals surface area contributed by atoms with Gasteiger partial charge in [0.25, 0.3) is 0 Å². The van der Waals surface area contributed by atoms with E-state index >= 15 is 0 Å². The summed E-state index contributed by atoms with van der Waals surface area (Å²) in [7, 11) is 0. The van der Waals surface area contributed by atoms with Gasteiger partial charge in [-0.1, -0.05) is 5.11 Å². The van der Waals surface area contributed by atoms with Crippen LogP contribution < -0.4 is 0 Å². The molecule has 2 unspecified atom stereocenters. The van der Waals surface area contributed by atoms with Gasteiger partial charge < -0.3 is 14.5 Å². The largest absolute Gasteiger partial charge is 0.444 e. The third-order valence-electron chi connectivity index (χ3n) is 4.13. The van der Waals surface area contributed by atoms with Gasteiger partial charge in [0.1, 0.15) is 5.60 Å². The fourth-order valence-electron chi connectivity index (χ4n) is 3.14. The Morgan fingerprint density at radius 1 is 1.43 bits per heavy atom. The lowest BCUT2D eigenvalue weighted by molar-refractivity contribution is -0.130. The molecule has 2 aliphatic heterocycles. The second kappa shape index (κ2) is 7.08. The minimum Gasteiger partial charge on any atom is -0.444 e. The molecule has 23 heavy (non-hydrogen) atoms. The topological polar surface area (TPSA) is 98.6 Å². The highest BCUT2D eigenvalue weighted by molar-refractivity contribution is 5.79. The van der Waals surface area contributed by atoms with Gasteiger partial charge in [0.2, 0.25) is 5.91 Å². The third-order valence-corrected chi connectivity index (χ3v) is 4.13. The fourth-order valence-corrected chi connectivity index (χ4v) is 3.14. The van der Waals surface area contributed by atoms with Crippen molar-refractivity contribution in [1.29, 1.82) is 0 Å². The fraction of sp³-hybridized carbons (Fsp3) is 0.867. The second-order valence-corrected chi connectivity index (χ2v) is 7.25. The molecule has 0 spiro atoms. The first kappa shape index (κ1) is 17.4. The molecule has 128 valence electrons. The van der Waals surface area contributed by atoms with Crippen molar-refractivity contribution in [2.24, 2.45) is 11.0 Å². The first-order valence-electron chi connectivity index (χ1n) is 8.08. The molecule has 0 aromatic carbocycles. The summed E-state index contributed by atoms with van der Waals surface area (Å²) in [6.07, 6.45) is 1.84. The van der Waals surface area contributed by atoms with Crippen molar-refractivity contribution in [2.75, 3.05) is 26.2 Å². The van der Waals surface area contributed by atoms with E-state index in [9.17, 15) is 9.59 Å². The van der Waals surface area contributed by atoms with Crippen LogP contribution in [0.25, 0.3) is 10.4 Å². The van der Waals surface area contributed by atoms with Gasteiger partial charge in [0, 0.05) is 43.6 Å². The first-order chi connectivity index (χ1) is 10.8. The molecule has 0 saturated carbocycles. The normalized spacial score (nSPS) is 25.3. The molecule has 2 amide bonds. The molecule has 0 aromatic heterocycles. The molecule has 2 atom stereocenters. The summed E-state index contributed by atoms with van der Waals surface area (Å²) in [6, 6.07) is 0.0276. The summed E-state index contributed by atoms with van der Waals surface area (Å²) in [5, 5.41) is 3.57. The van der Waals surface area contributed by atoms with Gasteiger partial charge in [-0.05, 0) is 45.1 Å². The van der Waals surface area contributed by atoms with Gasteiger partial charge in [-0.2, -0.15) is 0 Å². The van der Waals surface area contributed by atoms with E-state index in [2.05, 4.69) is 10.0 Å². The minimum absolute atomic E-state index is 0.0276. The molecule has 0 aromatic rings. The molecule has 0 radical (unpaired) electrons. The van der Waals surface area contributed by atoms with E-state index in [4.69, 9.17) is 10.3 Å². The molecule has 8 nitrogen and oxygen atoms in total. The molecular formula is C15H25N5O3. The Kier molecular flexibility index (Phi) is 5.36. The maximum Gasteiger partial charge on any atom is 0.410 e. The highest BCUT2D eigenvalue weighted by atomic mass is 16.6. The van der Waals surface area contributed by atoms with Crippen LogP contribution in [0.2, 0.25) is 0 Å². The Hall–Kier alpha value is -1.95. The van der Waals surface area contributed by atoms with Crippen LogP contribution in [0.15, 0.2) is 5.11 Å². The maximum absolute atomic E-state index is 12.2. The number of azide groups is 1.